The van der Waals surface area contributed by atoms with Crippen LogP contribution in [0.15, 0.2) is 41.8 Å². The predicted octanol–water partition coefficient (Wildman–Crippen LogP) is 4.50. The Morgan fingerprint density at radius 2 is 2.04 bits per heavy atom. The zero-order chi connectivity index (χ0) is 20.3. The summed E-state index contributed by atoms with van der Waals surface area (Å²) in [4.78, 5) is 27.5. The highest BCUT2D eigenvalue weighted by molar-refractivity contribution is 7.12. The Balaban J connectivity index is 1.63. The zero-order valence-corrected chi connectivity index (χ0v) is 16.1. The van der Waals surface area contributed by atoms with Crippen LogP contribution in [0.1, 0.15) is 46.6 Å². The van der Waals surface area contributed by atoms with E-state index in [9.17, 15) is 22.8 Å². The molecule has 0 radical (unpaired) electrons. The molecule has 1 fully saturated rings. The summed E-state index contributed by atoms with van der Waals surface area (Å²) in [5.41, 5.74) is -0.345. The van der Waals surface area contributed by atoms with Crippen molar-refractivity contribution in [3.8, 4) is 0 Å². The molecule has 2 aromatic rings. The average molecular weight is 410 g/mol. The van der Waals surface area contributed by atoms with Gasteiger partial charge in [-0.25, -0.2) is 0 Å². The number of hydrogen-bond donors (Lipinski definition) is 1. The van der Waals surface area contributed by atoms with E-state index in [1.807, 2.05) is 11.4 Å². The van der Waals surface area contributed by atoms with E-state index in [4.69, 9.17) is 0 Å². The number of likely N-dealkylation sites (tertiary alicyclic amines) is 1. The van der Waals surface area contributed by atoms with Gasteiger partial charge in [0, 0.05) is 13.1 Å². The van der Waals surface area contributed by atoms with Crippen molar-refractivity contribution in [2.75, 3.05) is 13.1 Å². The molecule has 2 heterocycles. The number of halogens is 3. The second kappa shape index (κ2) is 8.34. The molecule has 2 amide bonds. The standard InChI is InChI=1S/C20H21F3N2O2S/c1-13(14-5-2-7-16(11-14)20(21,22)23)24-18(26)15-6-3-9-25(12-15)19(27)17-8-4-10-28-17/h2,4-5,7-8,10-11,13,15H,3,6,9,12H2,1H3,(H,24,26). The number of nitrogens with zero attached hydrogens (tertiary/aromatic N) is 1. The molecule has 0 spiro atoms. The average Bonchev–Trinajstić information content (AvgIpc) is 3.21. The highest BCUT2D eigenvalue weighted by atomic mass is 32.1. The lowest BCUT2D eigenvalue weighted by Gasteiger charge is -2.32. The second-order valence-electron chi connectivity index (χ2n) is 6.92. The number of carbonyl (C=O) groups is 2. The number of rotatable bonds is 4. The Labute approximate surface area is 165 Å². The van der Waals surface area contributed by atoms with Crippen molar-refractivity contribution >= 4 is 23.2 Å². The summed E-state index contributed by atoms with van der Waals surface area (Å²) >= 11 is 1.36. The van der Waals surface area contributed by atoms with Crippen molar-refractivity contribution < 1.29 is 22.8 Å². The van der Waals surface area contributed by atoms with Gasteiger partial charge >= 0.3 is 6.18 Å². The monoisotopic (exact) mass is 410 g/mol. The molecule has 1 aromatic heterocycles. The van der Waals surface area contributed by atoms with Crippen LogP contribution in [0.3, 0.4) is 0 Å². The fraction of sp³-hybridized carbons (Fsp3) is 0.400. The smallest absolute Gasteiger partial charge is 0.349 e. The van der Waals surface area contributed by atoms with E-state index < -0.39 is 17.8 Å². The molecule has 3 rings (SSSR count). The second-order valence-corrected chi connectivity index (χ2v) is 7.87. The van der Waals surface area contributed by atoms with Crippen LogP contribution in [-0.2, 0) is 11.0 Å². The summed E-state index contributed by atoms with van der Waals surface area (Å²) in [6.45, 7) is 2.58. The molecular weight excluding hydrogens is 389 g/mol. The molecule has 0 aliphatic carbocycles. The van der Waals surface area contributed by atoms with Crippen molar-refractivity contribution in [2.45, 2.75) is 32.0 Å². The summed E-state index contributed by atoms with van der Waals surface area (Å²) in [7, 11) is 0. The van der Waals surface area contributed by atoms with Gasteiger partial charge < -0.3 is 10.2 Å². The molecule has 1 aliphatic rings. The first kappa shape index (κ1) is 20.4. The first-order valence-corrected chi connectivity index (χ1v) is 9.94. The van der Waals surface area contributed by atoms with Crippen LogP contribution >= 0.6 is 11.3 Å². The fourth-order valence-electron chi connectivity index (χ4n) is 3.33. The molecule has 150 valence electrons. The van der Waals surface area contributed by atoms with Crippen molar-refractivity contribution in [1.29, 1.82) is 0 Å². The first-order valence-electron chi connectivity index (χ1n) is 9.06. The minimum Gasteiger partial charge on any atom is -0.349 e. The molecule has 1 aromatic carbocycles. The SMILES string of the molecule is CC(NC(=O)C1CCCN(C(=O)c2cccs2)C1)c1cccc(C(F)(F)F)c1. The van der Waals surface area contributed by atoms with E-state index in [-0.39, 0.29) is 17.7 Å². The number of hydrogen-bond acceptors (Lipinski definition) is 3. The maximum atomic E-state index is 12.9. The van der Waals surface area contributed by atoms with Gasteiger partial charge in [-0.1, -0.05) is 18.2 Å². The molecule has 0 saturated carbocycles. The molecule has 1 N–H and O–H groups in total. The van der Waals surface area contributed by atoms with E-state index in [0.717, 1.165) is 12.1 Å². The largest absolute Gasteiger partial charge is 0.416 e. The van der Waals surface area contributed by atoms with Gasteiger partial charge in [0.05, 0.1) is 22.4 Å². The van der Waals surface area contributed by atoms with Crippen LogP contribution in [0.4, 0.5) is 13.2 Å². The Hall–Kier alpha value is -2.35. The quantitative estimate of drug-likeness (QED) is 0.807. The third kappa shape index (κ3) is 4.73. The molecule has 8 heteroatoms. The van der Waals surface area contributed by atoms with E-state index >= 15 is 0 Å². The van der Waals surface area contributed by atoms with Crippen LogP contribution in [0.5, 0.6) is 0 Å². The Kier molecular flexibility index (Phi) is 6.07. The summed E-state index contributed by atoms with van der Waals surface area (Å²) in [6, 6.07) is 7.97. The molecule has 1 aliphatic heterocycles. The van der Waals surface area contributed by atoms with Gasteiger partial charge in [-0.15, -0.1) is 11.3 Å². The normalized spacial score (nSPS) is 18.6. The van der Waals surface area contributed by atoms with Crippen LogP contribution in [0, 0.1) is 5.92 Å². The minimum absolute atomic E-state index is 0.0848. The lowest BCUT2D eigenvalue weighted by atomic mass is 9.96. The molecule has 0 bridgehead atoms. The Bertz CT molecular complexity index is 836. The van der Waals surface area contributed by atoms with Crippen molar-refractivity contribution in [3.05, 3.63) is 57.8 Å². The van der Waals surface area contributed by atoms with E-state index in [0.29, 0.717) is 36.4 Å². The lowest BCUT2D eigenvalue weighted by molar-refractivity contribution is -0.137. The number of amides is 2. The van der Waals surface area contributed by atoms with Crippen LogP contribution in [0.2, 0.25) is 0 Å². The topological polar surface area (TPSA) is 49.4 Å². The van der Waals surface area contributed by atoms with Crippen LogP contribution in [-0.4, -0.2) is 29.8 Å². The third-order valence-corrected chi connectivity index (χ3v) is 5.74. The third-order valence-electron chi connectivity index (χ3n) is 4.88. The van der Waals surface area contributed by atoms with E-state index in [1.165, 1.54) is 17.4 Å². The zero-order valence-electron chi connectivity index (χ0n) is 15.3. The number of benzene rings is 1. The Morgan fingerprint density at radius 3 is 2.71 bits per heavy atom. The Morgan fingerprint density at radius 1 is 1.25 bits per heavy atom. The van der Waals surface area contributed by atoms with Gasteiger partial charge in [-0.3, -0.25) is 9.59 Å². The summed E-state index contributed by atoms with van der Waals surface area (Å²) in [6.07, 6.45) is -3.06. The van der Waals surface area contributed by atoms with Gasteiger partial charge in [0.1, 0.15) is 0 Å². The van der Waals surface area contributed by atoms with E-state index in [1.54, 1.807) is 24.0 Å². The van der Waals surface area contributed by atoms with Gasteiger partial charge in [-0.2, -0.15) is 13.2 Å². The van der Waals surface area contributed by atoms with E-state index in [2.05, 4.69) is 5.32 Å². The fourth-order valence-corrected chi connectivity index (χ4v) is 4.02. The van der Waals surface area contributed by atoms with Gasteiger partial charge in [-0.05, 0) is 48.9 Å². The highest BCUT2D eigenvalue weighted by Crippen LogP contribution is 2.31. The summed E-state index contributed by atoms with van der Waals surface area (Å²) in [5, 5.41) is 4.63. The molecule has 4 nitrogen and oxygen atoms in total. The van der Waals surface area contributed by atoms with Gasteiger partial charge in [0.15, 0.2) is 0 Å². The molecule has 28 heavy (non-hydrogen) atoms. The van der Waals surface area contributed by atoms with Gasteiger partial charge in [0.25, 0.3) is 5.91 Å². The maximum absolute atomic E-state index is 12.9. The number of nitrogens with one attached hydrogen (secondary N) is 1. The molecule has 2 atom stereocenters. The summed E-state index contributed by atoms with van der Waals surface area (Å²) < 4.78 is 38.7. The molecule has 1 saturated heterocycles. The predicted molar refractivity (Wildman–Crippen MR) is 101 cm³/mol. The van der Waals surface area contributed by atoms with Gasteiger partial charge in [0.2, 0.25) is 5.91 Å². The number of alkyl halides is 3. The number of thiophene rings is 1. The molecule has 2 unspecified atom stereocenters. The summed E-state index contributed by atoms with van der Waals surface area (Å²) in [5.74, 6) is -0.696. The van der Waals surface area contributed by atoms with Crippen LogP contribution < -0.4 is 5.32 Å². The lowest BCUT2D eigenvalue weighted by Crippen LogP contribution is -2.45. The maximum Gasteiger partial charge on any atom is 0.416 e. The van der Waals surface area contributed by atoms with Crippen LogP contribution in [0.25, 0.3) is 0 Å². The van der Waals surface area contributed by atoms with Crippen molar-refractivity contribution in [3.63, 3.8) is 0 Å². The first-order chi connectivity index (χ1) is 13.3. The number of piperidine rings is 1. The molecular formula is C20H21F3N2O2S. The van der Waals surface area contributed by atoms with Crippen molar-refractivity contribution in [1.82, 2.24) is 10.2 Å². The minimum atomic E-state index is -4.42. The highest BCUT2D eigenvalue weighted by Gasteiger charge is 2.32. The number of carbonyl (C=O) groups excluding carboxylic acids is 2. The van der Waals surface area contributed by atoms with Crippen molar-refractivity contribution in [2.24, 2.45) is 5.92 Å².